The molecule has 0 bridgehead atoms. The fourth-order valence-electron chi connectivity index (χ4n) is 1.66. The summed E-state index contributed by atoms with van der Waals surface area (Å²) in [7, 11) is 1.55. The highest BCUT2D eigenvalue weighted by molar-refractivity contribution is 5.95. The van der Waals surface area contributed by atoms with Crippen LogP contribution >= 0.6 is 0 Å². The molecule has 21 heavy (non-hydrogen) atoms. The van der Waals surface area contributed by atoms with Gasteiger partial charge >= 0.3 is 0 Å². The summed E-state index contributed by atoms with van der Waals surface area (Å²) in [5.74, 6) is 0.111. The Kier molecular flexibility index (Phi) is 4.40. The lowest BCUT2D eigenvalue weighted by molar-refractivity contribution is 0.0955. The van der Waals surface area contributed by atoms with Gasteiger partial charge in [0.05, 0.1) is 13.3 Å². The molecular formula is C15H14N2O4. The van der Waals surface area contributed by atoms with Crippen LogP contribution in [-0.2, 0) is 0 Å². The van der Waals surface area contributed by atoms with Crippen LogP contribution in [0.2, 0.25) is 0 Å². The third-order valence-corrected chi connectivity index (χ3v) is 2.66. The van der Waals surface area contributed by atoms with Crippen LogP contribution in [0.5, 0.6) is 17.2 Å². The number of methoxy groups -OCH3 is 1. The molecule has 0 saturated carbocycles. The molecule has 0 spiro atoms. The van der Waals surface area contributed by atoms with Crippen molar-refractivity contribution in [2.45, 2.75) is 0 Å². The van der Waals surface area contributed by atoms with E-state index in [4.69, 9.17) is 4.74 Å². The van der Waals surface area contributed by atoms with Crippen molar-refractivity contribution in [2.75, 3.05) is 7.11 Å². The van der Waals surface area contributed by atoms with Gasteiger partial charge in [0.25, 0.3) is 5.91 Å². The van der Waals surface area contributed by atoms with Gasteiger partial charge in [-0.1, -0.05) is 0 Å². The van der Waals surface area contributed by atoms with Crippen molar-refractivity contribution in [1.29, 1.82) is 0 Å². The van der Waals surface area contributed by atoms with Crippen LogP contribution in [0, 0.1) is 0 Å². The Bertz CT molecular complexity index is 646. The normalized spacial score (nSPS) is 10.5. The SMILES string of the molecule is COc1ccc(C(=O)N/N=C\c2cc(O)cc(O)c2)cc1. The summed E-state index contributed by atoms with van der Waals surface area (Å²) in [5.41, 5.74) is 3.25. The monoisotopic (exact) mass is 286 g/mol. The van der Waals surface area contributed by atoms with Crippen LogP contribution < -0.4 is 10.2 Å². The van der Waals surface area contributed by atoms with E-state index in [0.717, 1.165) is 0 Å². The lowest BCUT2D eigenvalue weighted by Crippen LogP contribution is -2.17. The predicted molar refractivity (Wildman–Crippen MR) is 77.8 cm³/mol. The van der Waals surface area contributed by atoms with Crippen molar-refractivity contribution in [3.8, 4) is 17.2 Å². The Morgan fingerprint density at radius 1 is 1.14 bits per heavy atom. The summed E-state index contributed by atoms with van der Waals surface area (Å²) in [6, 6.07) is 10.6. The molecule has 0 saturated heterocycles. The first-order valence-electron chi connectivity index (χ1n) is 6.09. The van der Waals surface area contributed by atoms with Gasteiger partial charge in [-0.25, -0.2) is 5.43 Å². The van der Waals surface area contributed by atoms with Gasteiger partial charge in [-0.3, -0.25) is 4.79 Å². The first-order chi connectivity index (χ1) is 10.1. The van der Waals surface area contributed by atoms with E-state index in [0.29, 0.717) is 16.9 Å². The second-order valence-corrected chi connectivity index (χ2v) is 4.21. The molecule has 0 aromatic heterocycles. The zero-order chi connectivity index (χ0) is 15.2. The smallest absolute Gasteiger partial charge is 0.271 e. The second-order valence-electron chi connectivity index (χ2n) is 4.21. The molecule has 0 atom stereocenters. The second kappa shape index (κ2) is 6.42. The van der Waals surface area contributed by atoms with Crippen molar-refractivity contribution in [2.24, 2.45) is 5.10 Å². The third kappa shape index (κ3) is 3.97. The van der Waals surface area contributed by atoms with E-state index >= 15 is 0 Å². The number of hydrogen-bond acceptors (Lipinski definition) is 5. The van der Waals surface area contributed by atoms with Gasteiger partial charge in [0.15, 0.2) is 0 Å². The Labute approximate surface area is 121 Å². The van der Waals surface area contributed by atoms with Crippen LogP contribution in [0.15, 0.2) is 47.6 Å². The summed E-state index contributed by atoms with van der Waals surface area (Å²) in [4.78, 5) is 11.8. The van der Waals surface area contributed by atoms with Crippen molar-refractivity contribution < 1.29 is 19.7 Å². The summed E-state index contributed by atoms with van der Waals surface area (Å²) in [6.45, 7) is 0. The molecule has 3 N–H and O–H groups in total. The molecule has 1 amide bonds. The highest BCUT2D eigenvalue weighted by Gasteiger charge is 2.04. The van der Waals surface area contributed by atoms with Gasteiger partial charge in [-0.15, -0.1) is 0 Å². The molecule has 2 aromatic rings. The van der Waals surface area contributed by atoms with Crippen molar-refractivity contribution in [3.63, 3.8) is 0 Å². The lowest BCUT2D eigenvalue weighted by Gasteiger charge is -2.02. The van der Waals surface area contributed by atoms with E-state index in [1.165, 1.54) is 24.4 Å². The van der Waals surface area contributed by atoms with E-state index in [-0.39, 0.29) is 17.4 Å². The maximum absolute atomic E-state index is 11.8. The van der Waals surface area contributed by atoms with Crippen LogP contribution in [0.3, 0.4) is 0 Å². The van der Waals surface area contributed by atoms with E-state index in [1.807, 2.05) is 0 Å². The predicted octanol–water partition coefficient (Wildman–Crippen LogP) is 1.87. The molecule has 2 rings (SSSR count). The minimum atomic E-state index is -0.377. The van der Waals surface area contributed by atoms with E-state index in [1.54, 1.807) is 31.4 Å². The summed E-state index contributed by atoms with van der Waals surface area (Å²) in [5, 5.41) is 22.4. The van der Waals surface area contributed by atoms with Gasteiger partial charge in [-0.2, -0.15) is 5.10 Å². The van der Waals surface area contributed by atoms with Crippen molar-refractivity contribution in [3.05, 3.63) is 53.6 Å². The molecule has 108 valence electrons. The number of amides is 1. The van der Waals surface area contributed by atoms with Crippen LogP contribution in [0.4, 0.5) is 0 Å². The molecular weight excluding hydrogens is 272 g/mol. The molecule has 0 radical (unpaired) electrons. The molecule has 0 aliphatic heterocycles. The number of benzene rings is 2. The molecule has 6 nitrogen and oxygen atoms in total. The highest BCUT2D eigenvalue weighted by atomic mass is 16.5. The third-order valence-electron chi connectivity index (χ3n) is 2.66. The number of rotatable bonds is 4. The number of carbonyl (C=O) groups excluding carboxylic acids is 1. The fraction of sp³-hybridized carbons (Fsp3) is 0.0667. The minimum absolute atomic E-state index is 0.0852. The van der Waals surface area contributed by atoms with Crippen LogP contribution in [0.1, 0.15) is 15.9 Å². The first kappa shape index (κ1) is 14.4. The molecule has 2 aromatic carbocycles. The lowest BCUT2D eigenvalue weighted by atomic mass is 10.2. The topological polar surface area (TPSA) is 91.2 Å². The van der Waals surface area contributed by atoms with Crippen LogP contribution in [0.25, 0.3) is 0 Å². The number of phenols is 2. The molecule has 0 unspecified atom stereocenters. The zero-order valence-electron chi connectivity index (χ0n) is 11.3. The van der Waals surface area contributed by atoms with Gasteiger partial charge < -0.3 is 14.9 Å². The molecule has 0 aliphatic rings. The fourth-order valence-corrected chi connectivity index (χ4v) is 1.66. The summed E-state index contributed by atoms with van der Waals surface area (Å²) >= 11 is 0. The van der Waals surface area contributed by atoms with Gasteiger partial charge in [-0.05, 0) is 36.4 Å². The minimum Gasteiger partial charge on any atom is -0.508 e. The number of aromatic hydroxyl groups is 2. The Balaban J connectivity index is 2.00. The first-order valence-corrected chi connectivity index (χ1v) is 6.09. The number of phenolic OH excluding ortho intramolecular Hbond substituents is 2. The quantitative estimate of drug-likeness (QED) is 0.591. The van der Waals surface area contributed by atoms with Gasteiger partial charge in [0.1, 0.15) is 17.2 Å². The average molecular weight is 286 g/mol. The zero-order valence-corrected chi connectivity index (χ0v) is 11.3. The van der Waals surface area contributed by atoms with Crippen LogP contribution in [-0.4, -0.2) is 29.4 Å². The van der Waals surface area contributed by atoms with Gasteiger partial charge in [0, 0.05) is 17.2 Å². The molecule has 0 heterocycles. The maximum Gasteiger partial charge on any atom is 0.271 e. The molecule has 6 heteroatoms. The number of nitrogens with zero attached hydrogens (tertiary/aromatic N) is 1. The largest absolute Gasteiger partial charge is 0.508 e. The van der Waals surface area contributed by atoms with E-state index in [2.05, 4.69) is 10.5 Å². The summed E-state index contributed by atoms with van der Waals surface area (Å²) < 4.78 is 5.00. The number of carbonyl (C=O) groups is 1. The maximum atomic E-state index is 11.8. The van der Waals surface area contributed by atoms with E-state index in [9.17, 15) is 15.0 Å². The number of ether oxygens (including phenoxy) is 1. The Hall–Kier alpha value is -3.02. The van der Waals surface area contributed by atoms with Crippen molar-refractivity contribution >= 4 is 12.1 Å². The molecule has 0 fully saturated rings. The summed E-state index contributed by atoms with van der Waals surface area (Å²) in [6.07, 6.45) is 1.32. The number of hydrogen-bond donors (Lipinski definition) is 3. The van der Waals surface area contributed by atoms with Gasteiger partial charge in [0.2, 0.25) is 0 Å². The number of nitrogens with one attached hydrogen (secondary N) is 1. The Morgan fingerprint density at radius 2 is 1.76 bits per heavy atom. The Morgan fingerprint density at radius 3 is 2.33 bits per heavy atom. The average Bonchev–Trinajstić information content (AvgIpc) is 2.46. The highest BCUT2D eigenvalue weighted by Crippen LogP contribution is 2.19. The van der Waals surface area contributed by atoms with E-state index < -0.39 is 0 Å². The van der Waals surface area contributed by atoms with Crippen molar-refractivity contribution in [1.82, 2.24) is 5.43 Å². The number of hydrazone groups is 1. The standard InChI is InChI=1S/C15H14N2O4/c1-21-14-4-2-11(3-5-14)15(20)17-16-9-10-6-12(18)8-13(19)7-10/h2-9,18-19H,1H3,(H,17,20)/b16-9-. The molecule has 0 aliphatic carbocycles.